The van der Waals surface area contributed by atoms with Gasteiger partial charge in [0.15, 0.2) is 11.5 Å². The number of rotatable bonds is 5. The second-order valence-electron chi connectivity index (χ2n) is 6.17. The minimum absolute atomic E-state index is 0.0346. The average molecular weight is 369 g/mol. The molecule has 2 aliphatic heterocycles. The Kier molecular flexibility index (Phi) is 5.34. The lowest BCUT2D eigenvalue weighted by Gasteiger charge is -2.37. The summed E-state index contributed by atoms with van der Waals surface area (Å²) in [6.45, 7) is 3.95. The van der Waals surface area contributed by atoms with Gasteiger partial charge in [-0.3, -0.25) is 14.5 Å². The number of carbonyl (C=O) groups is 2. The third-order valence-electron chi connectivity index (χ3n) is 4.69. The number of likely N-dealkylation sites (N-methyl/N-ethyl adjacent to an activating group) is 1. The Labute approximate surface area is 151 Å². The third kappa shape index (κ3) is 3.82. The molecule has 0 aromatic heterocycles. The molecule has 1 aromatic carbocycles. The molecular weight excluding hydrogens is 348 g/mol. The molecule has 7 nitrogen and oxygen atoms in total. The predicted molar refractivity (Wildman–Crippen MR) is 91.4 cm³/mol. The van der Waals surface area contributed by atoms with E-state index < -0.39 is 5.97 Å². The third-order valence-corrected chi connectivity index (χ3v) is 4.97. The number of aliphatic carboxylic acids is 1. The van der Waals surface area contributed by atoms with Crippen molar-refractivity contribution in [2.75, 3.05) is 33.0 Å². The molecule has 0 aliphatic carbocycles. The van der Waals surface area contributed by atoms with Gasteiger partial charge in [-0.15, -0.1) is 0 Å². The summed E-state index contributed by atoms with van der Waals surface area (Å²) < 4.78 is 10.6. The van der Waals surface area contributed by atoms with Crippen molar-refractivity contribution in [3.8, 4) is 11.5 Å². The summed E-state index contributed by atoms with van der Waals surface area (Å²) in [6.07, 6.45) is 1.51. The van der Waals surface area contributed by atoms with Gasteiger partial charge in [-0.05, 0) is 31.5 Å². The highest BCUT2D eigenvalue weighted by molar-refractivity contribution is 6.32. The topological polar surface area (TPSA) is 79.3 Å². The molecule has 0 saturated carbocycles. The van der Waals surface area contributed by atoms with E-state index in [1.165, 1.54) is 0 Å². The summed E-state index contributed by atoms with van der Waals surface area (Å²) >= 11 is 6.15. The first-order valence-electron chi connectivity index (χ1n) is 8.34. The van der Waals surface area contributed by atoms with Crippen LogP contribution in [0.3, 0.4) is 0 Å². The molecule has 1 aromatic rings. The van der Waals surface area contributed by atoms with Gasteiger partial charge in [0.05, 0.1) is 11.6 Å². The van der Waals surface area contributed by atoms with Crippen LogP contribution in [0.2, 0.25) is 5.02 Å². The van der Waals surface area contributed by atoms with Gasteiger partial charge in [0.25, 0.3) is 5.91 Å². The van der Waals surface area contributed by atoms with Gasteiger partial charge in [-0.25, -0.2) is 0 Å². The summed E-state index contributed by atoms with van der Waals surface area (Å²) in [5, 5.41) is 9.36. The number of halogens is 1. The minimum atomic E-state index is -0.824. The minimum Gasteiger partial charge on any atom is -0.480 e. The van der Waals surface area contributed by atoms with Crippen molar-refractivity contribution in [2.45, 2.75) is 25.8 Å². The molecule has 0 atom stereocenters. The number of fused-ring (bicyclic) bond motifs is 1. The number of hydrogen-bond acceptors (Lipinski definition) is 5. The lowest BCUT2D eigenvalue weighted by Crippen LogP contribution is -2.48. The molecule has 0 bridgehead atoms. The molecule has 2 heterocycles. The SMILES string of the molecule is CCN(CC(=O)O)C1CCN(C(=O)c2cc(Cl)c3c(c2)OCO3)CC1. The van der Waals surface area contributed by atoms with E-state index in [4.69, 9.17) is 26.2 Å². The van der Waals surface area contributed by atoms with Crippen molar-refractivity contribution in [1.29, 1.82) is 0 Å². The van der Waals surface area contributed by atoms with Crippen LogP contribution in [0.4, 0.5) is 0 Å². The monoisotopic (exact) mass is 368 g/mol. The maximum Gasteiger partial charge on any atom is 0.317 e. The van der Waals surface area contributed by atoms with Crippen LogP contribution in [0.15, 0.2) is 12.1 Å². The van der Waals surface area contributed by atoms with Gasteiger partial charge in [-0.2, -0.15) is 0 Å². The van der Waals surface area contributed by atoms with E-state index in [1.807, 2.05) is 11.8 Å². The molecule has 1 N–H and O–H groups in total. The Morgan fingerprint density at radius 1 is 1.32 bits per heavy atom. The fourth-order valence-corrected chi connectivity index (χ4v) is 3.65. The van der Waals surface area contributed by atoms with E-state index in [1.54, 1.807) is 17.0 Å². The highest BCUT2D eigenvalue weighted by atomic mass is 35.5. The quantitative estimate of drug-likeness (QED) is 0.857. The Morgan fingerprint density at radius 2 is 2.04 bits per heavy atom. The van der Waals surface area contributed by atoms with Crippen LogP contribution < -0.4 is 9.47 Å². The molecule has 8 heteroatoms. The number of hydrogen-bond donors (Lipinski definition) is 1. The number of benzene rings is 1. The first-order valence-corrected chi connectivity index (χ1v) is 8.71. The van der Waals surface area contributed by atoms with Crippen LogP contribution in [0.25, 0.3) is 0 Å². The van der Waals surface area contributed by atoms with Gasteiger partial charge in [0.2, 0.25) is 6.79 Å². The largest absolute Gasteiger partial charge is 0.480 e. The summed E-state index contributed by atoms with van der Waals surface area (Å²) in [5.41, 5.74) is 0.477. The maximum atomic E-state index is 12.7. The Morgan fingerprint density at radius 3 is 2.68 bits per heavy atom. The number of amides is 1. The molecular formula is C17H21ClN2O5. The summed E-state index contributed by atoms with van der Waals surface area (Å²) in [7, 11) is 0. The van der Waals surface area contributed by atoms with E-state index in [9.17, 15) is 9.59 Å². The van der Waals surface area contributed by atoms with Crippen LogP contribution >= 0.6 is 11.6 Å². The normalized spacial score (nSPS) is 17.2. The van der Waals surface area contributed by atoms with E-state index in [-0.39, 0.29) is 25.3 Å². The Hall–Kier alpha value is -1.99. The van der Waals surface area contributed by atoms with Crippen molar-refractivity contribution < 1.29 is 24.2 Å². The van der Waals surface area contributed by atoms with Crippen LogP contribution in [0, 0.1) is 0 Å². The summed E-state index contributed by atoms with van der Waals surface area (Å²) in [6, 6.07) is 3.45. The first kappa shape index (κ1) is 17.8. The predicted octanol–water partition coefficient (Wildman–Crippen LogP) is 2.08. The molecule has 0 spiro atoms. The molecule has 0 radical (unpaired) electrons. The number of carboxylic acids is 1. The van der Waals surface area contributed by atoms with E-state index in [0.717, 1.165) is 12.8 Å². The van der Waals surface area contributed by atoms with Crippen LogP contribution in [0.5, 0.6) is 11.5 Å². The van der Waals surface area contributed by atoms with E-state index in [0.29, 0.717) is 41.7 Å². The Balaban J connectivity index is 1.64. The van der Waals surface area contributed by atoms with E-state index >= 15 is 0 Å². The molecule has 25 heavy (non-hydrogen) atoms. The highest BCUT2D eigenvalue weighted by Crippen LogP contribution is 2.40. The Bertz CT molecular complexity index is 673. The number of piperidine rings is 1. The van der Waals surface area contributed by atoms with Gasteiger partial charge in [0.1, 0.15) is 0 Å². The second kappa shape index (κ2) is 7.49. The molecule has 0 unspecified atom stereocenters. The van der Waals surface area contributed by atoms with Crippen molar-refractivity contribution >= 4 is 23.5 Å². The van der Waals surface area contributed by atoms with E-state index in [2.05, 4.69) is 0 Å². The fraction of sp³-hybridized carbons (Fsp3) is 0.529. The van der Waals surface area contributed by atoms with Crippen LogP contribution in [-0.2, 0) is 4.79 Å². The molecule has 1 amide bonds. The number of ether oxygens (including phenoxy) is 2. The summed E-state index contributed by atoms with van der Waals surface area (Å²) in [5.74, 6) is 0.0452. The zero-order valence-corrected chi connectivity index (χ0v) is 14.8. The van der Waals surface area contributed by atoms with Gasteiger partial charge < -0.3 is 19.5 Å². The summed E-state index contributed by atoms with van der Waals surface area (Å²) in [4.78, 5) is 27.4. The average Bonchev–Trinajstić information content (AvgIpc) is 3.08. The van der Waals surface area contributed by atoms with Gasteiger partial charge in [-0.1, -0.05) is 18.5 Å². The second-order valence-corrected chi connectivity index (χ2v) is 6.58. The van der Waals surface area contributed by atoms with Gasteiger partial charge in [0, 0.05) is 24.7 Å². The highest BCUT2D eigenvalue weighted by Gasteiger charge is 2.29. The molecule has 3 rings (SSSR count). The zero-order chi connectivity index (χ0) is 18.0. The molecule has 136 valence electrons. The molecule has 2 aliphatic rings. The molecule has 1 saturated heterocycles. The first-order chi connectivity index (χ1) is 12.0. The van der Waals surface area contributed by atoms with Crippen molar-refractivity contribution in [2.24, 2.45) is 0 Å². The number of carbonyl (C=O) groups excluding carboxylic acids is 1. The number of carboxylic acid groups (broad SMARTS) is 1. The standard InChI is InChI=1S/C17H21ClN2O5/c1-2-19(9-15(21)22)12-3-5-20(6-4-12)17(23)11-7-13(18)16-14(8-11)24-10-25-16/h7-8,12H,2-6,9-10H2,1H3,(H,21,22). The maximum absolute atomic E-state index is 12.7. The van der Waals surface area contributed by atoms with Crippen molar-refractivity contribution in [1.82, 2.24) is 9.80 Å². The molecule has 1 fully saturated rings. The van der Waals surface area contributed by atoms with Crippen molar-refractivity contribution in [3.63, 3.8) is 0 Å². The lowest BCUT2D eigenvalue weighted by atomic mass is 10.0. The lowest BCUT2D eigenvalue weighted by molar-refractivity contribution is -0.139. The fourth-order valence-electron chi connectivity index (χ4n) is 3.38. The zero-order valence-electron chi connectivity index (χ0n) is 14.0. The number of likely N-dealkylation sites (tertiary alicyclic amines) is 1. The van der Waals surface area contributed by atoms with Crippen LogP contribution in [0.1, 0.15) is 30.1 Å². The number of nitrogens with zero attached hydrogens (tertiary/aromatic N) is 2. The van der Waals surface area contributed by atoms with Crippen LogP contribution in [-0.4, -0.2) is 65.8 Å². The van der Waals surface area contributed by atoms with Gasteiger partial charge >= 0.3 is 5.97 Å². The van der Waals surface area contributed by atoms with Crippen molar-refractivity contribution in [3.05, 3.63) is 22.7 Å². The smallest absolute Gasteiger partial charge is 0.317 e.